The maximum absolute atomic E-state index is 6.16. The van der Waals surface area contributed by atoms with Gasteiger partial charge in [0, 0.05) is 19.7 Å². The van der Waals surface area contributed by atoms with E-state index in [1.807, 2.05) is 0 Å². The molecule has 7 heteroatoms. The van der Waals surface area contributed by atoms with Crippen LogP contribution in [0.4, 0.5) is 5.82 Å². The molecule has 1 aromatic rings. The third-order valence-corrected chi connectivity index (χ3v) is 3.60. The molecule has 112 valence electrons. The molecule has 1 aliphatic heterocycles. The Morgan fingerprint density at radius 3 is 2.85 bits per heavy atom. The molecule has 0 amide bonds. The molecule has 2 N–H and O–H groups in total. The molecule has 1 saturated heterocycles. The van der Waals surface area contributed by atoms with Crippen LogP contribution in [0.2, 0.25) is 5.02 Å². The quantitative estimate of drug-likeness (QED) is 0.802. The Balaban J connectivity index is 1.90. The Morgan fingerprint density at radius 1 is 1.45 bits per heavy atom. The number of hydrogen-bond acceptors (Lipinski definition) is 6. The highest BCUT2D eigenvalue weighted by atomic mass is 35.5. The fraction of sp³-hybridized carbons (Fsp3) is 0.692. The van der Waals surface area contributed by atoms with Gasteiger partial charge in [-0.25, -0.2) is 4.98 Å². The van der Waals surface area contributed by atoms with Gasteiger partial charge in [-0.2, -0.15) is 4.98 Å². The van der Waals surface area contributed by atoms with Gasteiger partial charge < -0.3 is 20.1 Å². The Morgan fingerprint density at radius 2 is 2.20 bits per heavy atom. The summed E-state index contributed by atoms with van der Waals surface area (Å²) < 4.78 is 10.8. The standard InChI is InChI=1S/C13H21ClN4O2/c1-19-13-16-9-11(14)12(17-13)18-6-3-10(4-7-18)20-8-2-5-15/h9-10H,2-8,15H2,1H3. The lowest BCUT2D eigenvalue weighted by Crippen LogP contribution is -2.38. The van der Waals surface area contributed by atoms with Crippen LogP contribution >= 0.6 is 11.6 Å². The SMILES string of the molecule is COc1ncc(Cl)c(N2CCC(OCCCN)CC2)n1. The van der Waals surface area contributed by atoms with Gasteiger partial charge in [0.05, 0.1) is 19.4 Å². The molecule has 2 heterocycles. The van der Waals surface area contributed by atoms with Gasteiger partial charge in [0.1, 0.15) is 5.02 Å². The number of aromatic nitrogens is 2. The Labute approximate surface area is 124 Å². The first kappa shape index (κ1) is 15.3. The van der Waals surface area contributed by atoms with E-state index in [2.05, 4.69) is 14.9 Å². The van der Waals surface area contributed by atoms with E-state index in [-0.39, 0.29) is 0 Å². The van der Waals surface area contributed by atoms with Gasteiger partial charge in [-0.15, -0.1) is 0 Å². The van der Waals surface area contributed by atoms with Crippen molar-refractivity contribution in [1.82, 2.24) is 9.97 Å². The molecule has 1 aliphatic rings. The van der Waals surface area contributed by atoms with Gasteiger partial charge in [-0.3, -0.25) is 0 Å². The van der Waals surface area contributed by atoms with E-state index in [9.17, 15) is 0 Å². The molecule has 0 aliphatic carbocycles. The lowest BCUT2D eigenvalue weighted by molar-refractivity contribution is 0.0365. The second-order valence-corrected chi connectivity index (χ2v) is 5.13. The first-order valence-corrected chi connectivity index (χ1v) is 7.25. The van der Waals surface area contributed by atoms with E-state index in [0.717, 1.165) is 44.8 Å². The Kier molecular flexibility index (Phi) is 5.82. The minimum Gasteiger partial charge on any atom is -0.467 e. The number of hydrogen-bond donors (Lipinski definition) is 1. The fourth-order valence-corrected chi connectivity index (χ4v) is 2.44. The highest BCUT2D eigenvalue weighted by Gasteiger charge is 2.22. The molecule has 0 bridgehead atoms. The van der Waals surface area contributed by atoms with Gasteiger partial charge in [0.15, 0.2) is 5.82 Å². The largest absolute Gasteiger partial charge is 0.467 e. The van der Waals surface area contributed by atoms with Crippen LogP contribution in [0, 0.1) is 0 Å². The average molecular weight is 301 g/mol. The molecule has 0 aromatic carbocycles. The normalized spacial score (nSPS) is 16.4. The number of rotatable bonds is 6. The van der Waals surface area contributed by atoms with Crippen LogP contribution < -0.4 is 15.4 Å². The van der Waals surface area contributed by atoms with Gasteiger partial charge in [0.25, 0.3) is 0 Å². The lowest BCUT2D eigenvalue weighted by atomic mass is 10.1. The zero-order chi connectivity index (χ0) is 14.4. The van der Waals surface area contributed by atoms with Gasteiger partial charge in [-0.1, -0.05) is 11.6 Å². The van der Waals surface area contributed by atoms with Crippen LogP contribution in [-0.4, -0.2) is 49.4 Å². The third-order valence-electron chi connectivity index (χ3n) is 3.33. The Bertz CT molecular complexity index is 425. The first-order chi connectivity index (χ1) is 9.74. The molecule has 0 unspecified atom stereocenters. The summed E-state index contributed by atoms with van der Waals surface area (Å²) in [5.74, 6) is 0.735. The summed E-state index contributed by atoms with van der Waals surface area (Å²) in [5, 5.41) is 0.549. The zero-order valence-electron chi connectivity index (χ0n) is 11.7. The van der Waals surface area contributed by atoms with Gasteiger partial charge in [-0.05, 0) is 25.8 Å². The predicted molar refractivity (Wildman–Crippen MR) is 78.5 cm³/mol. The van der Waals surface area contributed by atoms with Crippen LogP contribution in [0.1, 0.15) is 19.3 Å². The number of piperidine rings is 1. The van der Waals surface area contributed by atoms with E-state index in [1.54, 1.807) is 13.3 Å². The molecule has 20 heavy (non-hydrogen) atoms. The fourth-order valence-electron chi connectivity index (χ4n) is 2.23. The summed E-state index contributed by atoms with van der Waals surface area (Å²) in [6.45, 7) is 3.15. The second-order valence-electron chi connectivity index (χ2n) is 4.73. The number of ether oxygens (including phenoxy) is 2. The predicted octanol–water partition coefficient (Wildman–Crippen LogP) is 1.47. The number of halogens is 1. The maximum atomic E-state index is 6.16. The molecule has 2 rings (SSSR count). The smallest absolute Gasteiger partial charge is 0.318 e. The van der Waals surface area contributed by atoms with Crippen molar-refractivity contribution in [1.29, 1.82) is 0 Å². The molecule has 0 saturated carbocycles. The van der Waals surface area contributed by atoms with Crippen LogP contribution in [0.15, 0.2) is 6.20 Å². The highest BCUT2D eigenvalue weighted by molar-refractivity contribution is 6.32. The number of nitrogens with two attached hydrogens (primary N) is 1. The summed E-state index contributed by atoms with van der Waals surface area (Å²) in [6, 6.07) is 0.339. The van der Waals surface area contributed by atoms with Crippen molar-refractivity contribution < 1.29 is 9.47 Å². The minimum atomic E-state index is 0.306. The van der Waals surface area contributed by atoms with Crippen molar-refractivity contribution in [2.45, 2.75) is 25.4 Å². The van der Waals surface area contributed by atoms with Crippen molar-refractivity contribution in [2.24, 2.45) is 5.73 Å². The van der Waals surface area contributed by atoms with Crippen molar-refractivity contribution >= 4 is 17.4 Å². The number of methoxy groups -OCH3 is 1. The summed E-state index contributed by atoms with van der Waals surface area (Å²) >= 11 is 6.16. The first-order valence-electron chi connectivity index (χ1n) is 6.87. The van der Waals surface area contributed by atoms with Crippen molar-refractivity contribution in [3.05, 3.63) is 11.2 Å². The van der Waals surface area contributed by atoms with Crippen LogP contribution in [0.3, 0.4) is 0 Å². The average Bonchev–Trinajstić information content (AvgIpc) is 2.49. The lowest BCUT2D eigenvalue weighted by Gasteiger charge is -2.33. The zero-order valence-corrected chi connectivity index (χ0v) is 12.5. The third kappa shape index (κ3) is 3.94. The van der Waals surface area contributed by atoms with Crippen LogP contribution in [0.5, 0.6) is 6.01 Å². The molecular formula is C13H21ClN4O2. The van der Waals surface area contributed by atoms with Gasteiger partial charge in [0.2, 0.25) is 0 Å². The second kappa shape index (κ2) is 7.61. The van der Waals surface area contributed by atoms with Crippen LogP contribution in [-0.2, 0) is 4.74 Å². The molecule has 1 fully saturated rings. The number of nitrogens with zero attached hydrogens (tertiary/aromatic N) is 3. The number of anilines is 1. The van der Waals surface area contributed by atoms with Gasteiger partial charge >= 0.3 is 6.01 Å². The molecule has 0 atom stereocenters. The summed E-state index contributed by atoms with van der Waals surface area (Å²) in [7, 11) is 1.55. The molecule has 1 aromatic heterocycles. The van der Waals surface area contributed by atoms with E-state index >= 15 is 0 Å². The summed E-state index contributed by atoms with van der Waals surface area (Å²) in [5.41, 5.74) is 5.46. The van der Waals surface area contributed by atoms with Crippen molar-refractivity contribution in [3.8, 4) is 6.01 Å². The van der Waals surface area contributed by atoms with Crippen molar-refractivity contribution in [3.63, 3.8) is 0 Å². The molecule has 0 spiro atoms. The summed E-state index contributed by atoms with van der Waals surface area (Å²) in [4.78, 5) is 10.5. The topological polar surface area (TPSA) is 73.5 Å². The molecular weight excluding hydrogens is 280 g/mol. The minimum absolute atomic E-state index is 0.306. The maximum Gasteiger partial charge on any atom is 0.318 e. The monoisotopic (exact) mass is 300 g/mol. The van der Waals surface area contributed by atoms with E-state index < -0.39 is 0 Å². The highest BCUT2D eigenvalue weighted by Crippen LogP contribution is 2.27. The van der Waals surface area contributed by atoms with E-state index in [0.29, 0.717) is 23.7 Å². The summed E-state index contributed by atoms with van der Waals surface area (Å²) in [6.07, 6.45) is 4.72. The van der Waals surface area contributed by atoms with Crippen molar-refractivity contribution in [2.75, 3.05) is 38.3 Å². The molecule has 6 nitrogen and oxygen atoms in total. The van der Waals surface area contributed by atoms with E-state index in [4.69, 9.17) is 26.8 Å². The van der Waals surface area contributed by atoms with Crippen LogP contribution in [0.25, 0.3) is 0 Å². The molecule has 0 radical (unpaired) electrons. The Hall–Kier alpha value is -1.11. The van der Waals surface area contributed by atoms with E-state index in [1.165, 1.54) is 0 Å².